The predicted octanol–water partition coefficient (Wildman–Crippen LogP) is 2.88. The average molecular weight is 369 g/mol. The molecule has 0 fully saturated rings. The summed E-state index contributed by atoms with van der Waals surface area (Å²) in [5.41, 5.74) is 4.92. The molecule has 2 aromatic rings. The van der Waals surface area contributed by atoms with Crippen molar-refractivity contribution in [1.29, 1.82) is 0 Å². The van der Waals surface area contributed by atoms with Gasteiger partial charge >= 0.3 is 0 Å². The molecule has 2 aromatic carbocycles. The normalized spacial score (nSPS) is 10.5. The van der Waals surface area contributed by atoms with Crippen LogP contribution in [0.25, 0.3) is 0 Å². The van der Waals surface area contributed by atoms with E-state index in [-0.39, 0.29) is 24.7 Å². The number of hydrogen-bond acceptors (Lipinski definition) is 5. The smallest absolute Gasteiger partial charge is 0.240 e. The van der Waals surface area contributed by atoms with E-state index in [0.29, 0.717) is 11.4 Å². The molecule has 2 amide bonds. The number of rotatable bonds is 8. The minimum absolute atomic E-state index is 0.0426. The highest BCUT2D eigenvalue weighted by atomic mass is 16.5. The van der Waals surface area contributed by atoms with Crippen molar-refractivity contribution in [2.45, 2.75) is 19.8 Å². The second kappa shape index (κ2) is 9.96. The maximum Gasteiger partial charge on any atom is 0.240 e. The van der Waals surface area contributed by atoms with Crippen molar-refractivity contribution in [2.75, 3.05) is 19.5 Å². The first-order valence-corrected chi connectivity index (χ1v) is 8.42. The third kappa shape index (κ3) is 6.47. The quantitative estimate of drug-likeness (QED) is 0.553. The van der Waals surface area contributed by atoms with Crippen molar-refractivity contribution in [2.24, 2.45) is 5.10 Å². The summed E-state index contributed by atoms with van der Waals surface area (Å²) in [5.74, 6) is 0.890. The van der Waals surface area contributed by atoms with Gasteiger partial charge in [0.15, 0.2) is 0 Å². The van der Waals surface area contributed by atoms with Crippen LogP contribution >= 0.6 is 0 Å². The minimum Gasteiger partial charge on any atom is -0.497 e. The van der Waals surface area contributed by atoms with Gasteiger partial charge in [-0.05, 0) is 60.5 Å². The van der Waals surface area contributed by atoms with Crippen LogP contribution in [-0.4, -0.2) is 32.2 Å². The number of methoxy groups -OCH3 is 2. The third-order valence-corrected chi connectivity index (χ3v) is 3.82. The van der Waals surface area contributed by atoms with E-state index in [0.717, 1.165) is 16.9 Å². The first-order chi connectivity index (χ1) is 13.0. The molecule has 0 aliphatic carbocycles. The molecule has 142 valence electrons. The van der Waals surface area contributed by atoms with Crippen LogP contribution in [0.5, 0.6) is 11.5 Å². The summed E-state index contributed by atoms with van der Waals surface area (Å²) in [4.78, 5) is 23.7. The summed E-state index contributed by atoms with van der Waals surface area (Å²) in [6.45, 7) is 1.93. The van der Waals surface area contributed by atoms with Gasteiger partial charge in [-0.25, -0.2) is 5.43 Å². The molecule has 0 atom stereocenters. The Hall–Kier alpha value is -3.35. The van der Waals surface area contributed by atoms with E-state index in [2.05, 4.69) is 15.8 Å². The average Bonchev–Trinajstić information content (AvgIpc) is 2.68. The summed E-state index contributed by atoms with van der Waals surface area (Å²) in [7, 11) is 3.18. The minimum atomic E-state index is -0.331. The van der Waals surface area contributed by atoms with Crippen molar-refractivity contribution in [3.05, 3.63) is 53.6 Å². The van der Waals surface area contributed by atoms with Gasteiger partial charge in [-0.2, -0.15) is 5.10 Å². The molecule has 7 heteroatoms. The van der Waals surface area contributed by atoms with Gasteiger partial charge in [0.1, 0.15) is 11.5 Å². The van der Waals surface area contributed by atoms with E-state index in [9.17, 15) is 9.59 Å². The molecule has 2 N–H and O–H groups in total. The fourth-order valence-electron chi connectivity index (χ4n) is 2.27. The second-order valence-electron chi connectivity index (χ2n) is 5.79. The van der Waals surface area contributed by atoms with Crippen molar-refractivity contribution >= 4 is 23.7 Å². The number of aryl methyl sites for hydroxylation is 1. The Balaban J connectivity index is 1.75. The topological polar surface area (TPSA) is 89.0 Å². The van der Waals surface area contributed by atoms with Crippen molar-refractivity contribution in [1.82, 2.24) is 5.43 Å². The Morgan fingerprint density at radius 1 is 0.963 bits per heavy atom. The van der Waals surface area contributed by atoms with Gasteiger partial charge < -0.3 is 14.8 Å². The van der Waals surface area contributed by atoms with Crippen LogP contribution in [0.2, 0.25) is 0 Å². The van der Waals surface area contributed by atoms with E-state index in [1.807, 2.05) is 25.1 Å². The van der Waals surface area contributed by atoms with E-state index < -0.39 is 0 Å². The fraction of sp³-hybridized carbons (Fsp3) is 0.250. The Morgan fingerprint density at radius 3 is 2.22 bits per heavy atom. The highest BCUT2D eigenvalue weighted by molar-refractivity contribution is 5.93. The first kappa shape index (κ1) is 20.0. The van der Waals surface area contributed by atoms with E-state index in [4.69, 9.17) is 9.47 Å². The zero-order valence-electron chi connectivity index (χ0n) is 15.6. The van der Waals surface area contributed by atoms with Gasteiger partial charge in [-0.1, -0.05) is 0 Å². The van der Waals surface area contributed by atoms with Crippen LogP contribution in [0.3, 0.4) is 0 Å². The molecular formula is C20H23N3O4. The van der Waals surface area contributed by atoms with Crippen molar-refractivity contribution in [3.63, 3.8) is 0 Å². The van der Waals surface area contributed by atoms with Crippen molar-refractivity contribution in [3.8, 4) is 11.5 Å². The molecular weight excluding hydrogens is 346 g/mol. The van der Waals surface area contributed by atoms with Crippen LogP contribution in [0.4, 0.5) is 5.69 Å². The van der Waals surface area contributed by atoms with Crippen LogP contribution in [0, 0.1) is 6.92 Å². The lowest BCUT2D eigenvalue weighted by molar-refractivity contribution is -0.124. The molecule has 0 heterocycles. The summed E-state index contributed by atoms with van der Waals surface area (Å²) in [6, 6.07) is 12.5. The molecule has 7 nitrogen and oxygen atoms in total. The molecule has 0 spiro atoms. The number of nitrogens with one attached hydrogen (secondary N) is 2. The number of carbonyl (C=O) groups is 2. The standard InChI is InChI=1S/C20H23N3O4/c1-14-12-18(27-3)7-4-15(14)13-21-23-20(25)11-10-19(24)22-16-5-8-17(26-2)9-6-16/h4-9,12-13H,10-11H2,1-3H3,(H,22,24)(H,23,25). The highest BCUT2D eigenvalue weighted by Gasteiger charge is 2.07. The van der Waals surface area contributed by atoms with Crippen molar-refractivity contribution < 1.29 is 19.1 Å². The van der Waals surface area contributed by atoms with Crippen LogP contribution in [0.15, 0.2) is 47.6 Å². The van der Waals surface area contributed by atoms with Gasteiger partial charge in [0.05, 0.1) is 20.4 Å². The molecule has 27 heavy (non-hydrogen) atoms. The van der Waals surface area contributed by atoms with Gasteiger partial charge in [-0.15, -0.1) is 0 Å². The Kier molecular flexibility index (Phi) is 7.37. The molecule has 0 radical (unpaired) electrons. The van der Waals surface area contributed by atoms with E-state index in [1.54, 1.807) is 44.7 Å². The highest BCUT2D eigenvalue weighted by Crippen LogP contribution is 2.16. The summed E-state index contributed by atoms with van der Waals surface area (Å²) in [5, 5.41) is 6.65. The molecule has 0 aromatic heterocycles. The van der Waals surface area contributed by atoms with E-state index >= 15 is 0 Å². The molecule has 0 saturated carbocycles. The van der Waals surface area contributed by atoms with Crippen LogP contribution in [-0.2, 0) is 9.59 Å². The molecule has 0 unspecified atom stereocenters. The first-order valence-electron chi connectivity index (χ1n) is 8.42. The fourth-order valence-corrected chi connectivity index (χ4v) is 2.27. The molecule has 0 bridgehead atoms. The number of nitrogens with zero attached hydrogens (tertiary/aromatic N) is 1. The predicted molar refractivity (Wildman–Crippen MR) is 104 cm³/mol. The van der Waals surface area contributed by atoms with Crippen LogP contribution < -0.4 is 20.2 Å². The van der Waals surface area contributed by atoms with Gasteiger partial charge in [0.25, 0.3) is 0 Å². The zero-order chi connectivity index (χ0) is 19.6. The number of ether oxygens (including phenoxy) is 2. The lowest BCUT2D eigenvalue weighted by Gasteiger charge is -2.06. The molecule has 0 aliphatic rings. The Morgan fingerprint density at radius 2 is 1.59 bits per heavy atom. The number of carbonyl (C=O) groups excluding carboxylic acids is 2. The number of amides is 2. The number of anilines is 1. The largest absolute Gasteiger partial charge is 0.497 e. The summed E-state index contributed by atoms with van der Waals surface area (Å²) < 4.78 is 10.2. The van der Waals surface area contributed by atoms with Gasteiger partial charge in [0.2, 0.25) is 11.8 Å². The second-order valence-corrected chi connectivity index (χ2v) is 5.79. The van der Waals surface area contributed by atoms with Gasteiger partial charge in [-0.3, -0.25) is 9.59 Å². The number of hydrazone groups is 1. The monoisotopic (exact) mass is 369 g/mol. The van der Waals surface area contributed by atoms with Crippen LogP contribution in [0.1, 0.15) is 24.0 Å². The maximum atomic E-state index is 11.9. The summed E-state index contributed by atoms with van der Waals surface area (Å²) >= 11 is 0. The number of benzene rings is 2. The van der Waals surface area contributed by atoms with E-state index in [1.165, 1.54) is 0 Å². The molecule has 0 saturated heterocycles. The SMILES string of the molecule is COc1ccc(NC(=O)CCC(=O)NN=Cc2ccc(OC)cc2C)cc1. The Bertz CT molecular complexity index is 816. The van der Waals surface area contributed by atoms with Gasteiger partial charge in [0, 0.05) is 18.5 Å². The number of hydrogen-bond donors (Lipinski definition) is 2. The molecule has 2 rings (SSSR count). The molecule has 0 aliphatic heterocycles. The third-order valence-electron chi connectivity index (χ3n) is 3.82. The lowest BCUT2D eigenvalue weighted by Crippen LogP contribution is -2.20. The maximum absolute atomic E-state index is 11.9. The summed E-state index contributed by atoms with van der Waals surface area (Å²) in [6.07, 6.45) is 1.67. The lowest BCUT2D eigenvalue weighted by atomic mass is 10.1. The zero-order valence-corrected chi connectivity index (χ0v) is 15.6. The Labute approximate surface area is 158 Å².